The lowest BCUT2D eigenvalue weighted by Crippen LogP contribution is -2.55. The van der Waals surface area contributed by atoms with Crippen molar-refractivity contribution in [1.82, 2.24) is 9.80 Å². The highest BCUT2D eigenvalue weighted by Crippen LogP contribution is 2.12. The topological polar surface area (TPSA) is 23.6 Å². The first-order valence-corrected chi connectivity index (χ1v) is 4.49. The smallest absolute Gasteiger partial charge is 0.219 e. The Hall–Kier alpha value is -0.570. The molecule has 1 aliphatic heterocycles. The lowest BCUT2D eigenvalue weighted by atomic mass is 10.1. The molecule has 1 rings (SSSR count). The minimum absolute atomic E-state index is 0.196. The standard InChI is InChI=1S/C9H18N2O/c1-7-5-11(9(3)12)6-8(2)10(7)4/h7-8H,5-6H2,1-4H3/t7-,8+. The molecule has 70 valence electrons. The molecule has 0 aliphatic carbocycles. The molecule has 0 saturated carbocycles. The van der Waals surface area contributed by atoms with Crippen molar-refractivity contribution in [2.75, 3.05) is 20.1 Å². The number of carbonyl (C=O) groups excluding carboxylic acids is 1. The third kappa shape index (κ3) is 1.78. The molecule has 0 aromatic carbocycles. The minimum atomic E-state index is 0.196. The van der Waals surface area contributed by atoms with E-state index in [1.165, 1.54) is 0 Å². The van der Waals surface area contributed by atoms with Gasteiger partial charge in [0.05, 0.1) is 0 Å². The van der Waals surface area contributed by atoms with Crippen LogP contribution in [0.15, 0.2) is 0 Å². The Bertz CT molecular complexity index is 169. The van der Waals surface area contributed by atoms with Crippen molar-refractivity contribution in [1.29, 1.82) is 0 Å². The highest BCUT2D eigenvalue weighted by Gasteiger charge is 2.27. The van der Waals surface area contributed by atoms with Gasteiger partial charge < -0.3 is 4.90 Å². The summed E-state index contributed by atoms with van der Waals surface area (Å²) >= 11 is 0. The number of hydrogen-bond donors (Lipinski definition) is 0. The molecule has 1 fully saturated rings. The van der Waals surface area contributed by atoms with E-state index in [2.05, 4.69) is 25.8 Å². The van der Waals surface area contributed by atoms with E-state index in [0.717, 1.165) is 13.1 Å². The van der Waals surface area contributed by atoms with Crippen LogP contribution in [0.3, 0.4) is 0 Å². The summed E-state index contributed by atoms with van der Waals surface area (Å²) < 4.78 is 0. The van der Waals surface area contributed by atoms with E-state index in [-0.39, 0.29) is 5.91 Å². The SMILES string of the molecule is CC(=O)N1C[C@@H](C)N(C)[C@@H](C)C1. The van der Waals surface area contributed by atoms with Gasteiger partial charge in [-0.25, -0.2) is 0 Å². The third-order valence-corrected chi connectivity index (χ3v) is 2.81. The van der Waals surface area contributed by atoms with Gasteiger partial charge in [-0.3, -0.25) is 9.69 Å². The second-order valence-corrected chi connectivity index (χ2v) is 3.79. The number of amides is 1. The van der Waals surface area contributed by atoms with Crippen molar-refractivity contribution in [2.24, 2.45) is 0 Å². The predicted octanol–water partition coefficient (Wildman–Crippen LogP) is 0.557. The fraction of sp³-hybridized carbons (Fsp3) is 0.889. The molecule has 2 atom stereocenters. The van der Waals surface area contributed by atoms with Crippen molar-refractivity contribution in [3.63, 3.8) is 0 Å². The lowest BCUT2D eigenvalue weighted by molar-refractivity contribution is -0.132. The summed E-state index contributed by atoms with van der Waals surface area (Å²) in [7, 11) is 2.12. The Morgan fingerprint density at radius 2 is 1.67 bits per heavy atom. The third-order valence-electron chi connectivity index (χ3n) is 2.81. The zero-order valence-electron chi connectivity index (χ0n) is 8.37. The summed E-state index contributed by atoms with van der Waals surface area (Å²) in [4.78, 5) is 15.3. The first-order valence-electron chi connectivity index (χ1n) is 4.49. The normalized spacial score (nSPS) is 32.2. The molecule has 0 aromatic rings. The molecule has 1 aliphatic rings. The number of piperazine rings is 1. The van der Waals surface area contributed by atoms with Crippen LogP contribution in [0.2, 0.25) is 0 Å². The number of rotatable bonds is 0. The molecule has 0 radical (unpaired) electrons. The molecular weight excluding hydrogens is 152 g/mol. The largest absolute Gasteiger partial charge is 0.340 e. The summed E-state index contributed by atoms with van der Waals surface area (Å²) in [6.45, 7) is 7.70. The van der Waals surface area contributed by atoms with Crippen LogP contribution < -0.4 is 0 Å². The van der Waals surface area contributed by atoms with E-state index in [4.69, 9.17) is 0 Å². The molecule has 0 unspecified atom stereocenters. The molecule has 0 spiro atoms. The average Bonchev–Trinajstić information content (AvgIpc) is 1.99. The van der Waals surface area contributed by atoms with Crippen LogP contribution >= 0.6 is 0 Å². The van der Waals surface area contributed by atoms with E-state index >= 15 is 0 Å². The van der Waals surface area contributed by atoms with Crippen molar-refractivity contribution < 1.29 is 4.79 Å². The summed E-state index contributed by atoms with van der Waals surface area (Å²) in [5.74, 6) is 0.196. The van der Waals surface area contributed by atoms with Gasteiger partial charge in [0.1, 0.15) is 0 Å². The van der Waals surface area contributed by atoms with Crippen molar-refractivity contribution in [2.45, 2.75) is 32.9 Å². The van der Waals surface area contributed by atoms with Gasteiger partial charge >= 0.3 is 0 Å². The van der Waals surface area contributed by atoms with Crippen LogP contribution in [0.1, 0.15) is 20.8 Å². The second kappa shape index (κ2) is 3.44. The maximum absolute atomic E-state index is 11.1. The van der Waals surface area contributed by atoms with Gasteiger partial charge in [0, 0.05) is 32.1 Å². The van der Waals surface area contributed by atoms with Crippen LogP contribution in [0.5, 0.6) is 0 Å². The summed E-state index contributed by atoms with van der Waals surface area (Å²) in [5.41, 5.74) is 0. The lowest BCUT2D eigenvalue weighted by Gasteiger charge is -2.42. The van der Waals surface area contributed by atoms with E-state index in [0.29, 0.717) is 12.1 Å². The molecule has 1 saturated heterocycles. The Kier molecular flexibility index (Phi) is 2.73. The molecular formula is C9H18N2O. The van der Waals surface area contributed by atoms with Crippen LogP contribution in [0, 0.1) is 0 Å². The quantitative estimate of drug-likeness (QED) is 0.530. The van der Waals surface area contributed by atoms with Gasteiger partial charge in [-0.2, -0.15) is 0 Å². The number of nitrogens with zero attached hydrogens (tertiary/aromatic N) is 2. The number of hydrogen-bond acceptors (Lipinski definition) is 2. The average molecular weight is 170 g/mol. The van der Waals surface area contributed by atoms with Gasteiger partial charge in [0.25, 0.3) is 0 Å². The zero-order valence-corrected chi connectivity index (χ0v) is 8.37. The molecule has 1 amide bonds. The van der Waals surface area contributed by atoms with Crippen LogP contribution in [-0.2, 0) is 4.79 Å². The van der Waals surface area contributed by atoms with Crippen molar-refractivity contribution >= 4 is 5.91 Å². The fourth-order valence-electron chi connectivity index (χ4n) is 1.66. The molecule has 0 aromatic heterocycles. The van der Waals surface area contributed by atoms with Gasteiger partial charge in [-0.05, 0) is 20.9 Å². The molecule has 12 heavy (non-hydrogen) atoms. The molecule has 0 bridgehead atoms. The predicted molar refractivity (Wildman–Crippen MR) is 48.9 cm³/mol. The van der Waals surface area contributed by atoms with Crippen molar-refractivity contribution in [3.8, 4) is 0 Å². The van der Waals surface area contributed by atoms with E-state index in [1.807, 2.05) is 4.90 Å². The summed E-state index contributed by atoms with van der Waals surface area (Å²) in [5, 5.41) is 0. The highest BCUT2D eigenvalue weighted by molar-refractivity contribution is 5.73. The maximum atomic E-state index is 11.1. The molecule has 3 heteroatoms. The summed E-state index contributed by atoms with van der Waals surface area (Å²) in [6.07, 6.45) is 0. The molecule has 1 heterocycles. The minimum Gasteiger partial charge on any atom is -0.340 e. The van der Waals surface area contributed by atoms with E-state index in [9.17, 15) is 4.79 Å². The fourth-order valence-corrected chi connectivity index (χ4v) is 1.66. The van der Waals surface area contributed by atoms with Gasteiger partial charge in [0.15, 0.2) is 0 Å². The van der Waals surface area contributed by atoms with Crippen molar-refractivity contribution in [3.05, 3.63) is 0 Å². The first kappa shape index (κ1) is 9.52. The zero-order chi connectivity index (χ0) is 9.30. The first-order chi connectivity index (χ1) is 5.52. The Labute approximate surface area is 74.3 Å². The van der Waals surface area contributed by atoms with Crippen LogP contribution in [0.25, 0.3) is 0 Å². The summed E-state index contributed by atoms with van der Waals surface area (Å²) in [6, 6.07) is 0.968. The molecule has 0 N–H and O–H groups in total. The van der Waals surface area contributed by atoms with Gasteiger partial charge in [0.2, 0.25) is 5.91 Å². The molecule has 3 nitrogen and oxygen atoms in total. The maximum Gasteiger partial charge on any atom is 0.219 e. The van der Waals surface area contributed by atoms with E-state index < -0.39 is 0 Å². The Morgan fingerprint density at radius 3 is 2.00 bits per heavy atom. The van der Waals surface area contributed by atoms with E-state index in [1.54, 1.807) is 6.92 Å². The van der Waals surface area contributed by atoms with Crippen LogP contribution in [-0.4, -0.2) is 47.9 Å². The second-order valence-electron chi connectivity index (χ2n) is 3.79. The van der Waals surface area contributed by atoms with Crippen LogP contribution in [0.4, 0.5) is 0 Å². The monoisotopic (exact) mass is 170 g/mol. The van der Waals surface area contributed by atoms with Gasteiger partial charge in [-0.15, -0.1) is 0 Å². The van der Waals surface area contributed by atoms with Gasteiger partial charge in [-0.1, -0.05) is 0 Å². The Morgan fingerprint density at radius 1 is 1.25 bits per heavy atom. The highest BCUT2D eigenvalue weighted by atomic mass is 16.2. The Balaban J connectivity index is 2.59. The number of carbonyl (C=O) groups is 1. The number of likely N-dealkylation sites (N-methyl/N-ethyl adjacent to an activating group) is 1.